The van der Waals surface area contributed by atoms with Crippen LogP contribution in [-0.2, 0) is 13.5 Å². The second-order valence-electron chi connectivity index (χ2n) is 6.13. The Hall–Kier alpha value is -0.870. The first-order valence-electron chi connectivity index (χ1n) is 8.12. The number of aromatic nitrogens is 2. The largest absolute Gasteiger partial charge is 0.338 e. The van der Waals surface area contributed by atoms with Crippen molar-refractivity contribution in [2.24, 2.45) is 13.0 Å². The highest BCUT2D eigenvalue weighted by molar-refractivity contribution is 4.92. The van der Waals surface area contributed by atoms with E-state index in [1.54, 1.807) is 0 Å². The van der Waals surface area contributed by atoms with Gasteiger partial charge in [0.05, 0.1) is 0 Å². The molecule has 0 amide bonds. The maximum atomic E-state index is 4.37. The van der Waals surface area contributed by atoms with Gasteiger partial charge in [0.2, 0.25) is 0 Å². The number of imidazole rings is 1. The summed E-state index contributed by atoms with van der Waals surface area (Å²) >= 11 is 0. The number of hydrogen-bond acceptors (Lipinski definition) is 3. The van der Waals surface area contributed by atoms with Crippen LogP contribution >= 0.6 is 0 Å². The average Bonchev–Trinajstić information content (AvgIpc) is 2.85. The van der Waals surface area contributed by atoms with Gasteiger partial charge in [-0.3, -0.25) is 0 Å². The highest BCUT2D eigenvalue weighted by Gasteiger charge is 2.22. The van der Waals surface area contributed by atoms with Crippen LogP contribution in [0.25, 0.3) is 0 Å². The third kappa shape index (κ3) is 4.32. The lowest BCUT2D eigenvalue weighted by molar-refractivity contribution is 0.163. The van der Waals surface area contributed by atoms with Gasteiger partial charge in [-0.15, -0.1) is 0 Å². The molecule has 1 aromatic heterocycles. The van der Waals surface area contributed by atoms with Gasteiger partial charge < -0.3 is 14.8 Å². The van der Waals surface area contributed by atoms with Gasteiger partial charge in [-0.2, -0.15) is 0 Å². The van der Waals surface area contributed by atoms with Crippen LogP contribution in [0.2, 0.25) is 0 Å². The van der Waals surface area contributed by atoms with E-state index < -0.39 is 0 Å². The fraction of sp³-hybridized carbons (Fsp3) is 0.812. The molecule has 1 atom stereocenters. The summed E-state index contributed by atoms with van der Waals surface area (Å²) in [6.45, 7) is 9.48. The lowest BCUT2D eigenvalue weighted by Crippen LogP contribution is -2.42. The van der Waals surface area contributed by atoms with E-state index in [4.69, 9.17) is 0 Å². The number of likely N-dealkylation sites (tertiary alicyclic amines) is 1. The summed E-state index contributed by atoms with van der Waals surface area (Å²) in [7, 11) is 2.06. The molecule has 0 aromatic carbocycles. The molecule has 0 saturated carbocycles. The maximum absolute atomic E-state index is 4.37. The first-order valence-corrected chi connectivity index (χ1v) is 8.12. The van der Waals surface area contributed by atoms with Crippen molar-refractivity contribution in [2.45, 2.75) is 45.6 Å². The summed E-state index contributed by atoms with van der Waals surface area (Å²) in [5, 5.41) is 3.69. The first kappa shape index (κ1) is 15.5. The lowest BCUT2D eigenvalue weighted by atomic mass is 9.90. The van der Waals surface area contributed by atoms with Crippen molar-refractivity contribution in [3.8, 4) is 0 Å². The monoisotopic (exact) mass is 278 g/mol. The SMILES string of the molecule is CCCN1CCC(C(C)NCCc2nccn2C)CC1. The summed E-state index contributed by atoms with van der Waals surface area (Å²) in [5.41, 5.74) is 0. The van der Waals surface area contributed by atoms with E-state index in [0.717, 1.165) is 18.9 Å². The molecule has 4 heteroatoms. The summed E-state index contributed by atoms with van der Waals surface area (Å²) in [5.74, 6) is 2.01. The standard InChI is InChI=1S/C16H30N4/c1-4-10-20-11-6-15(7-12-20)14(2)17-8-5-16-18-9-13-19(16)3/h9,13-15,17H,4-8,10-12H2,1-3H3. The van der Waals surface area contributed by atoms with E-state index in [2.05, 4.69) is 40.7 Å². The third-order valence-corrected chi connectivity index (χ3v) is 4.62. The number of nitrogens with one attached hydrogen (secondary N) is 1. The minimum Gasteiger partial charge on any atom is -0.338 e. The summed E-state index contributed by atoms with van der Waals surface area (Å²) in [6, 6.07) is 0.624. The molecule has 4 nitrogen and oxygen atoms in total. The van der Waals surface area contributed by atoms with Crippen LogP contribution in [0.1, 0.15) is 38.9 Å². The van der Waals surface area contributed by atoms with Gasteiger partial charge in [0.15, 0.2) is 0 Å². The molecule has 0 spiro atoms. The number of rotatable bonds is 7. The molecule has 2 rings (SSSR count). The van der Waals surface area contributed by atoms with Crippen LogP contribution in [0, 0.1) is 5.92 Å². The molecule has 0 radical (unpaired) electrons. The predicted octanol–water partition coefficient (Wildman–Crippen LogP) is 2.06. The van der Waals surface area contributed by atoms with Crippen molar-refractivity contribution in [1.29, 1.82) is 0 Å². The quantitative estimate of drug-likeness (QED) is 0.829. The fourth-order valence-corrected chi connectivity index (χ4v) is 3.21. The first-order chi connectivity index (χ1) is 9.70. The maximum Gasteiger partial charge on any atom is 0.109 e. The molecule has 20 heavy (non-hydrogen) atoms. The molecule has 1 saturated heterocycles. The molecule has 1 N–H and O–H groups in total. The highest BCUT2D eigenvalue weighted by atomic mass is 15.1. The van der Waals surface area contributed by atoms with Crippen LogP contribution in [0.3, 0.4) is 0 Å². The topological polar surface area (TPSA) is 33.1 Å². The molecular formula is C16H30N4. The van der Waals surface area contributed by atoms with Crippen molar-refractivity contribution in [2.75, 3.05) is 26.2 Å². The Balaban J connectivity index is 1.65. The molecule has 0 aliphatic carbocycles. The minimum absolute atomic E-state index is 0.624. The molecule has 1 aliphatic rings. The Bertz CT molecular complexity index is 380. The van der Waals surface area contributed by atoms with Crippen LogP contribution in [0.5, 0.6) is 0 Å². The fourth-order valence-electron chi connectivity index (χ4n) is 3.21. The average molecular weight is 278 g/mol. The second kappa shape index (κ2) is 7.79. The second-order valence-corrected chi connectivity index (χ2v) is 6.13. The lowest BCUT2D eigenvalue weighted by Gasteiger charge is -2.35. The van der Waals surface area contributed by atoms with Gasteiger partial charge in [-0.05, 0) is 51.7 Å². The molecule has 114 valence electrons. The minimum atomic E-state index is 0.624. The molecule has 1 unspecified atom stereocenters. The Labute approximate surface area is 123 Å². The Kier molecular flexibility index (Phi) is 6.05. The Morgan fingerprint density at radius 1 is 1.40 bits per heavy atom. The summed E-state index contributed by atoms with van der Waals surface area (Å²) < 4.78 is 2.11. The highest BCUT2D eigenvalue weighted by Crippen LogP contribution is 2.20. The number of hydrogen-bond donors (Lipinski definition) is 1. The third-order valence-electron chi connectivity index (χ3n) is 4.62. The van der Waals surface area contributed by atoms with E-state index in [0.29, 0.717) is 6.04 Å². The van der Waals surface area contributed by atoms with Gasteiger partial charge in [0.25, 0.3) is 0 Å². The molecule has 0 bridgehead atoms. The smallest absolute Gasteiger partial charge is 0.109 e. The van der Waals surface area contributed by atoms with Gasteiger partial charge in [0, 0.05) is 38.4 Å². The normalized spacial score (nSPS) is 19.4. The zero-order chi connectivity index (χ0) is 14.4. The van der Waals surface area contributed by atoms with E-state index in [1.165, 1.54) is 44.7 Å². The van der Waals surface area contributed by atoms with Gasteiger partial charge in [0.1, 0.15) is 5.82 Å². The number of piperidine rings is 1. The zero-order valence-corrected chi connectivity index (χ0v) is 13.3. The van der Waals surface area contributed by atoms with Crippen LogP contribution in [0.4, 0.5) is 0 Å². The van der Waals surface area contributed by atoms with Crippen molar-refractivity contribution in [3.05, 3.63) is 18.2 Å². The van der Waals surface area contributed by atoms with Gasteiger partial charge >= 0.3 is 0 Å². The molecule has 1 aromatic rings. The van der Waals surface area contributed by atoms with Crippen LogP contribution < -0.4 is 5.32 Å². The molecule has 1 fully saturated rings. The van der Waals surface area contributed by atoms with Crippen LogP contribution in [-0.4, -0.2) is 46.7 Å². The summed E-state index contributed by atoms with van der Waals surface area (Å²) in [6.07, 6.45) is 8.88. The summed E-state index contributed by atoms with van der Waals surface area (Å²) in [4.78, 5) is 6.98. The van der Waals surface area contributed by atoms with Gasteiger partial charge in [-0.25, -0.2) is 4.98 Å². The van der Waals surface area contributed by atoms with Crippen molar-refractivity contribution in [3.63, 3.8) is 0 Å². The molecule has 1 aliphatic heterocycles. The van der Waals surface area contributed by atoms with Crippen molar-refractivity contribution >= 4 is 0 Å². The van der Waals surface area contributed by atoms with Gasteiger partial charge in [-0.1, -0.05) is 6.92 Å². The van der Waals surface area contributed by atoms with Crippen molar-refractivity contribution in [1.82, 2.24) is 19.8 Å². The molecular weight excluding hydrogens is 248 g/mol. The predicted molar refractivity (Wildman–Crippen MR) is 83.8 cm³/mol. The van der Waals surface area contributed by atoms with E-state index >= 15 is 0 Å². The Morgan fingerprint density at radius 2 is 2.15 bits per heavy atom. The number of aryl methyl sites for hydroxylation is 1. The Morgan fingerprint density at radius 3 is 2.75 bits per heavy atom. The number of nitrogens with zero attached hydrogens (tertiary/aromatic N) is 3. The van der Waals surface area contributed by atoms with E-state index in [9.17, 15) is 0 Å². The van der Waals surface area contributed by atoms with Crippen molar-refractivity contribution < 1.29 is 0 Å². The van der Waals surface area contributed by atoms with Crippen LogP contribution in [0.15, 0.2) is 12.4 Å². The van der Waals surface area contributed by atoms with E-state index in [-0.39, 0.29) is 0 Å². The zero-order valence-electron chi connectivity index (χ0n) is 13.3. The molecule has 2 heterocycles. The van der Waals surface area contributed by atoms with E-state index in [1.807, 2.05) is 12.4 Å².